The van der Waals surface area contributed by atoms with Crippen LogP contribution in [0, 0.1) is 0 Å². The van der Waals surface area contributed by atoms with Crippen molar-refractivity contribution in [1.29, 1.82) is 0 Å². The number of amides is 1. The third kappa shape index (κ3) is 6.14. The molecule has 1 amide bonds. The third-order valence-corrected chi connectivity index (χ3v) is 4.83. The van der Waals surface area contributed by atoms with Crippen LogP contribution < -0.4 is 5.32 Å². The second kappa shape index (κ2) is 9.78. The van der Waals surface area contributed by atoms with Crippen LogP contribution in [0.5, 0.6) is 0 Å². The molecule has 0 heterocycles. The Morgan fingerprint density at radius 2 is 1.67 bits per heavy atom. The summed E-state index contributed by atoms with van der Waals surface area (Å²) in [6, 6.07) is 15.0. The lowest BCUT2D eigenvalue weighted by atomic mass is 10.0. The SMILES string of the molecule is CC(=O)[C@H](Cc1ccccc1)NC(=O)COC(=O)c1ccccc1[S@](C)=O. The van der Waals surface area contributed by atoms with Crippen LogP contribution in [0.25, 0.3) is 0 Å². The van der Waals surface area contributed by atoms with Crippen LogP contribution in [0.2, 0.25) is 0 Å². The molecule has 2 rings (SSSR count). The minimum absolute atomic E-state index is 0.151. The van der Waals surface area contributed by atoms with E-state index in [0.717, 1.165) is 5.56 Å². The molecule has 2 aromatic carbocycles. The molecule has 0 unspecified atom stereocenters. The van der Waals surface area contributed by atoms with Gasteiger partial charge in [0.05, 0.1) is 27.3 Å². The van der Waals surface area contributed by atoms with Crippen molar-refractivity contribution in [2.45, 2.75) is 24.3 Å². The summed E-state index contributed by atoms with van der Waals surface area (Å²) < 4.78 is 16.7. The molecule has 0 aliphatic heterocycles. The molecule has 7 heteroatoms. The van der Waals surface area contributed by atoms with Gasteiger partial charge in [-0.05, 0) is 31.0 Å². The summed E-state index contributed by atoms with van der Waals surface area (Å²) in [7, 11) is -1.36. The summed E-state index contributed by atoms with van der Waals surface area (Å²) in [4.78, 5) is 36.4. The summed E-state index contributed by atoms with van der Waals surface area (Å²) in [5, 5.41) is 2.58. The van der Waals surface area contributed by atoms with Gasteiger partial charge >= 0.3 is 5.97 Å². The van der Waals surface area contributed by atoms with E-state index in [-0.39, 0.29) is 11.3 Å². The zero-order chi connectivity index (χ0) is 19.8. The molecule has 0 saturated carbocycles. The van der Waals surface area contributed by atoms with Gasteiger partial charge in [0, 0.05) is 6.26 Å². The zero-order valence-corrected chi connectivity index (χ0v) is 16.0. The number of carbonyl (C=O) groups is 3. The van der Waals surface area contributed by atoms with Crippen molar-refractivity contribution in [2.75, 3.05) is 12.9 Å². The Labute approximate surface area is 160 Å². The molecule has 6 nitrogen and oxygen atoms in total. The molecule has 0 fully saturated rings. The van der Waals surface area contributed by atoms with Crippen molar-refractivity contribution < 1.29 is 23.3 Å². The smallest absolute Gasteiger partial charge is 0.339 e. The van der Waals surface area contributed by atoms with Gasteiger partial charge in [0.2, 0.25) is 0 Å². The molecule has 1 N–H and O–H groups in total. The van der Waals surface area contributed by atoms with Gasteiger partial charge in [-0.1, -0.05) is 42.5 Å². The van der Waals surface area contributed by atoms with E-state index < -0.39 is 35.3 Å². The predicted molar refractivity (Wildman–Crippen MR) is 102 cm³/mol. The highest BCUT2D eigenvalue weighted by molar-refractivity contribution is 7.84. The average molecular weight is 387 g/mol. The van der Waals surface area contributed by atoms with Crippen molar-refractivity contribution in [3.05, 3.63) is 65.7 Å². The van der Waals surface area contributed by atoms with Gasteiger partial charge in [-0.15, -0.1) is 0 Å². The van der Waals surface area contributed by atoms with Crippen LogP contribution >= 0.6 is 0 Å². The molecular formula is C20H21NO5S. The average Bonchev–Trinajstić information content (AvgIpc) is 2.66. The van der Waals surface area contributed by atoms with Crippen LogP contribution in [-0.4, -0.2) is 40.8 Å². The minimum Gasteiger partial charge on any atom is -0.452 e. The molecule has 2 aromatic rings. The van der Waals surface area contributed by atoms with Gasteiger partial charge in [-0.2, -0.15) is 0 Å². The molecule has 0 aromatic heterocycles. The van der Waals surface area contributed by atoms with E-state index in [1.54, 1.807) is 18.2 Å². The number of rotatable bonds is 8. The van der Waals surface area contributed by atoms with E-state index in [2.05, 4.69) is 5.32 Å². The van der Waals surface area contributed by atoms with E-state index in [4.69, 9.17) is 4.74 Å². The quantitative estimate of drug-likeness (QED) is 0.699. The monoisotopic (exact) mass is 387 g/mol. The van der Waals surface area contributed by atoms with Crippen molar-refractivity contribution in [3.63, 3.8) is 0 Å². The van der Waals surface area contributed by atoms with Gasteiger partial charge in [0.1, 0.15) is 0 Å². The minimum atomic E-state index is -1.36. The van der Waals surface area contributed by atoms with Crippen molar-refractivity contribution in [3.8, 4) is 0 Å². The Morgan fingerprint density at radius 3 is 2.30 bits per heavy atom. The number of nitrogens with one attached hydrogen (secondary N) is 1. The fourth-order valence-corrected chi connectivity index (χ4v) is 3.21. The number of carbonyl (C=O) groups excluding carboxylic acids is 3. The van der Waals surface area contributed by atoms with Gasteiger partial charge in [-0.3, -0.25) is 13.8 Å². The molecule has 0 radical (unpaired) electrons. The van der Waals surface area contributed by atoms with Crippen molar-refractivity contribution in [1.82, 2.24) is 5.32 Å². The highest BCUT2D eigenvalue weighted by Crippen LogP contribution is 2.13. The maximum atomic E-state index is 12.2. The Bertz CT molecular complexity index is 850. The Hall–Kier alpha value is -2.80. The molecule has 0 spiro atoms. The number of ether oxygens (including phenoxy) is 1. The first-order valence-corrected chi connectivity index (χ1v) is 9.87. The maximum absolute atomic E-state index is 12.2. The fraction of sp³-hybridized carbons (Fsp3) is 0.250. The van der Waals surface area contributed by atoms with Crippen molar-refractivity contribution >= 4 is 28.5 Å². The molecule has 0 aliphatic carbocycles. The van der Waals surface area contributed by atoms with Gasteiger partial charge < -0.3 is 10.1 Å². The topological polar surface area (TPSA) is 89.5 Å². The Morgan fingerprint density at radius 1 is 1.04 bits per heavy atom. The molecule has 27 heavy (non-hydrogen) atoms. The number of hydrogen-bond acceptors (Lipinski definition) is 5. The molecule has 0 aliphatic rings. The van der Waals surface area contributed by atoms with E-state index in [9.17, 15) is 18.6 Å². The molecule has 142 valence electrons. The van der Waals surface area contributed by atoms with Gasteiger partial charge in [0.15, 0.2) is 12.4 Å². The molecule has 0 saturated heterocycles. The zero-order valence-electron chi connectivity index (χ0n) is 15.1. The largest absolute Gasteiger partial charge is 0.452 e. The maximum Gasteiger partial charge on any atom is 0.339 e. The first-order chi connectivity index (χ1) is 12.9. The third-order valence-electron chi connectivity index (χ3n) is 3.86. The number of benzene rings is 2. The van der Waals surface area contributed by atoms with Gasteiger partial charge in [0.25, 0.3) is 5.91 Å². The van der Waals surface area contributed by atoms with E-state index in [1.165, 1.54) is 19.2 Å². The Kier molecular flexibility index (Phi) is 7.43. The highest BCUT2D eigenvalue weighted by atomic mass is 32.2. The molecule has 0 bridgehead atoms. The summed E-state index contributed by atoms with van der Waals surface area (Å²) in [5.74, 6) is -1.50. The number of Topliss-reactive ketones (excluding diaryl/α,β-unsaturated/α-hetero) is 1. The van der Waals surface area contributed by atoms with Crippen LogP contribution in [0.1, 0.15) is 22.8 Å². The van der Waals surface area contributed by atoms with Crippen molar-refractivity contribution in [2.24, 2.45) is 0 Å². The highest BCUT2D eigenvalue weighted by Gasteiger charge is 2.20. The summed E-state index contributed by atoms with van der Waals surface area (Å²) in [5.41, 5.74) is 1.06. The first kappa shape index (κ1) is 20.5. The predicted octanol–water partition coefficient (Wildman–Crippen LogP) is 1.90. The van der Waals surface area contributed by atoms with E-state index >= 15 is 0 Å². The first-order valence-electron chi connectivity index (χ1n) is 8.31. The lowest BCUT2D eigenvalue weighted by molar-refractivity contribution is -0.128. The lowest BCUT2D eigenvalue weighted by Gasteiger charge is -2.16. The second-order valence-corrected chi connectivity index (χ2v) is 7.29. The van der Waals surface area contributed by atoms with Crippen LogP contribution in [-0.2, 0) is 31.5 Å². The normalized spacial score (nSPS) is 12.7. The van der Waals surface area contributed by atoms with Crippen LogP contribution in [0.3, 0.4) is 0 Å². The van der Waals surface area contributed by atoms with E-state index in [1.807, 2.05) is 30.3 Å². The summed E-state index contributed by atoms with van der Waals surface area (Å²) in [6.45, 7) is 0.870. The van der Waals surface area contributed by atoms with Crippen LogP contribution in [0.4, 0.5) is 0 Å². The molecule has 2 atom stereocenters. The second-order valence-electron chi connectivity index (χ2n) is 5.95. The Balaban J connectivity index is 1.95. The number of hydrogen-bond donors (Lipinski definition) is 1. The van der Waals surface area contributed by atoms with E-state index in [0.29, 0.717) is 11.3 Å². The number of ketones is 1. The van der Waals surface area contributed by atoms with Gasteiger partial charge in [-0.25, -0.2) is 4.79 Å². The summed E-state index contributed by atoms with van der Waals surface area (Å²) in [6.07, 6.45) is 1.81. The standard InChI is InChI=1S/C20H21NO5S/c1-14(22)17(12-15-8-4-3-5-9-15)21-19(23)13-26-20(24)16-10-6-7-11-18(16)27(2)25/h3-11,17H,12-13H2,1-2H3,(H,21,23)/t17-,27-/m0/s1. The summed E-state index contributed by atoms with van der Waals surface area (Å²) >= 11 is 0. The number of esters is 1. The fourth-order valence-electron chi connectivity index (χ4n) is 2.48. The lowest BCUT2D eigenvalue weighted by Crippen LogP contribution is -2.43. The van der Waals surface area contributed by atoms with Crippen LogP contribution in [0.15, 0.2) is 59.5 Å². The molecular weight excluding hydrogens is 366 g/mol.